The average molecular weight is 257 g/mol. The molecule has 1 saturated heterocycles. The molecule has 1 rings (SSSR count). The predicted molar refractivity (Wildman–Crippen MR) is 71.7 cm³/mol. The Kier molecular flexibility index (Phi) is 5.60. The predicted octanol–water partition coefficient (Wildman–Crippen LogP) is 2.23. The number of carboxylic acids is 1. The van der Waals surface area contributed by atoms with Gasteiger partial charge in [0.1, 0.15) is 0 Å². The van der Waals surface area contributed by atoms with Crippen LogP contribution < -0.4 is 0 Å². The van der Waals surface area contributed by atoms with Crippen LogP contribution in [0.2, 0.25) is 0 Å². The summed E-state index contributed by atoms with van der Waals surface area (Å²) in [5.74, 6) is -0.166. The van der Waals surface area contributed by atoms with E-state index < -0.39 is 11.4 Å². The van der Waals surface area contributed by atoms with Crippen LogP contribution in [0.15, 0.2) is 0 Å². The summed E-state index contributed by atoms with van der Waals surface area (Å²) in [6, 6.07) is 0.320. The molecule has 0 bridgehead atoms. The standard InChI is InChI=1S/C14H27NO3/c1-5-14(13(16)17)7-6-8-15(10-14)12(9-18-4)11(2)3/h11-12H,5-10H2,1-4H3,(H,16,17). The molecule has 0 aromatic rings. The van der Waals surface area contributed by atoms with Crippen LogP contribution in [0.1, 0.15) is 40.0 Å². The Morgan fingerprint density at radius 2 is 2.17 bits per heavy atom. The molecule has 1 heterocycles. The topological polar surface area (TPSA) is 49.8 Å². The molecule has 0 aromatic carbocycles. The number of rotatable bonds is 6. The third kappa shape index (κ3) is 3.23. The van der Waals surface area contributed by atoms with Crippen molar-refractivity contribution in [3.8, 4) is 0 Å². The van der Waals surface area contributed by atoms with Crippen LogP contribution in [0.5, 0.6) is 0 Å². The molecule has 0 saturated carbocycles. The smallest absolute Gasteiger partial charge is 0.310 e. The minimum Gasteiger partial charge on any atom is -0.481 e. The van der Waals surface area contributed by atoms with Gasteiger partial charge in [-0.15, -0.1) is 0 Å². The number of carboxylic acid groups (broad SMARTS) is 1. The maximum absolute atomic E-state index is 11.5. The molecular weight excluding hydrogens is 230 g/mol. The van der Waals surface area contributed by atoms with Gasteiger partial charge < -0.3 is 9.84 Å². The Balaban J connectivity index is 2.81. The lowest BCUT2D eigenvalue weighted by molar-refractivity contribution is -0.154. The summed E-state index contributed by atoms with van der Waals surface area (Å²) in [6.45, 7) is 8.65. The number of carbonyl (C=O) groups is 1. The van der Waals surface area contributed by atoms with E-state index in [2.05, 4.69) is 18.7 Å². The highest BCUT2D eigenvalue weighted by Crippen LogP contribution is 2.35. The van der Waals surface area contributed by atoms with Gasteiger partial charge in [0.2, 0.25) is 0 Å². The molecular formula is C14H27NO3. The summed E-state index contributed by atoms with van der Waals surface area (Å²) in [6.07, 6.45) is 2.47. The van der Waals surface area contributed by atoms with Crippen molar-refractivity contribution in [1.29, 1.82) is 0 Å². The number of ether oxygens (including phenoxy) is 1. The third-order valence-electron chi connectivity index (χ3n) is 4.31. The number of nitrogens with zero attached hydrogens (tertiary/aromatic N) is 1. The number of aliphatic carboxylic acids is 1. The van der Waals surface area contributed by atoms with Crippen LogP contribution in [0.3, 0.4) is 0 Å². The minimum absolute atomic E-state index is 0.320. The fourth-order valence-electron chi connectivity index (χ4n) is 2.96. The highest BCUT2D eigenvalue weighted by atomic mass is 16.5. The van der Waals surface area contributed by atoms with Crippen LogP contribution in [0.25, 0.3) is 0 Å². The van der Waals surface area contributed by atoms with Gasteiger partial charge in [-0.05, 0) is 31.7 Å². The molecule has 0 aliphatic carbocycles. The molecule has 2 atom stereocenters. The van der Waals surface area contributed by atoms with E-state index in [-0.39, 0.29) is 0 Å². The van der Waals surface area contributed by atoms with Gasteiger partial charge in [-0.25, -0.2) is 0 Å². The van der Waals surface area contributed by atoms with Crippen LogP contribution in [0, 0.1) is 11.3 Å². The maximum Gasteiger partial charge on any atom is 0.310 e. The zero-order valence-electron chi connectivity index (χ0n) is 12.1. The molecule has 2 unspecified atom stereocenters. The Morgan fingerprint density at radius 3 is 2.61 bits per heavy atom. The van der Waals surface area contributed by atoms with Crippen LogP contribution in [-0.4, -0.2) is 48.8 Å². The summed E-state index contributed by atoms with van der Waals surface area (Å²) < 4.78 is 5.29. The quantitative estimate of drug-likeness (QED) is 0.793. The summed E-state index contributed by atoms with van der Waals surface area (Å²) >= 11 is 0. The highest BCUT2D eigenvalue weighted by molar-refractivity contribution is 5.75. The Morgan fingerprint density at radius 1 is 1.50 bits per heavy atom. The van der Waals surface area contributed by atoms with Crippen molar-refractivity contribution in [3.63, 3.8) is 0 Å². The van der Waals surface area contributed by atoms with E-state index in [0.29, 0.717) is 31.5 Å². The van der Waals surface area contributed by atoms with Crippen molar-refractivity contribution >= 4 is 5.97 Å². The van der Waals surface area contributed by atoms with Crippen molar-refractivity contribution in [3.05, 3.63) is 0 Å². The van der Waals surface area contributed by atoms with Gasteiger partial charge in [0.05, 0.1) is 12.0 Å². The van der Waals surface area contributed by atoms with Gasteiger partial charge in [0.15, 0.2) is 0 Å². The van der Waals surface area contributed by atoms with E-state index in [0.717, 1.165) is 19.4 Å². The molecule has 1 N–H and O–H groups in total. The Labute approximate surface area is 110 Å². The molecule has 1 fully saturated rings. The van der Waals surface area contributed by atoms with E-state index in [1.54, 1.807) is 7.11 Å². The maximum atomic E-state index is 11.5. The van der Waals surface area contributed by atoms with E-state index in [4.69, 9.17) is 4.74 Å². The van der Waals surface area contributed by atoms with Gasteiger partial charge in [-0.2, -0.15) is 0 Å². The Bertz CT molecular complexity index is 280. The van der Waals surface area contributed by atoms with Crippen molar-refractivity contribution in [2.45, 2.75) is 46.1 Å². The summed E-state index contributed by atoms with van der Waals surface area (Å²) in [4.78, 5) is 13.9. The molecule has 18 heavy (non-hydrogen) atoms. The van der Waals surface area contributed by atoms with E-state index in [1.165, 1.54) is 0 Å². The lowest BCUT2D eigenvalue weighted by Crippen LogP contribution is -2.53. The average Bonchev–Trinajstić information content (AvgIpc) is 2.35. The van der Waals surface area contributed by atoms with Crippen molar-refractivity contribution in [2.24, 2.45) is 11.3 Å². The van der Waals surface area contributed by atoms with Crippen LogP contribution >= 0.6 is 0 Å². The molecule has 0 spiro atoms. The third-order valence-corrected chi connectivity index (χ3v) is 4.31. The molecule has 106 valence electrons. The molecule has 1 aliphatic heterocycles. The first-order valence-electron chi connectivity index (χ1n) is 6.93. The van der Waals surface area contributed by atoms with Crippen LogP contribution in [-0.2, 0) is 9.53 Å². The number of methoxy groups -OCH3 is 1. The van der Waals surface area contributed by atoms with Crippen molar-refractivity contribution in [1.82, 2.24) is 4.90 Å². The van der Waals surface area contributed by atoms with Gasteiger partial charge in [0, 0.05) is 19.7 Å². The zero-order chi connectivity index (χ0) is 13.8. The minimum atomic E-state index is -0.644. The van der Waals surface area contributed by atoms with Gasteiger partial charge in [-0.3, -0.25) is 9.69 Å². The van der Waals surface area contributed by atoms with E-state index in [1.807, 2.05) is 6.92 Å². The molecule has 4 heteroatoms. The summed E-state index contributed by atoms with van der Waals surface area (Å²) in [5.41, 5.74) is -0.556. The van der Waals surface area contributed by atoms with Gasteiger partial charge >= 0.3 is 5.97 Å². The molecule has 0 aromatic heterocycles. The second-order valence-electron chi connectivity index (χ2n) is 5.78. The molecule has 0 amide bonds. The number of hydrogen-bond donors (Lipinski definition) is 1. The number of likely N-dealkylation sites (tertiary alicyclic amines) is 1. The number of hydrogen-bond acceptors (Lipinski definition) is 3. The first-order valence-corrected chi connectivity index (χ1v) is 6.93. The first-order chi connectivity index (χ1) is 8.46. The van der Waals surface area contributed by atoms with Crippen molar-refractivity contribution < 1.29 is 14.6 Å². The monoisotopic (exact) mass is 257 g/mol. The van der Waals surface area contributed by atoms with Gasteiger partial charge in [-0.1, -0.05) is 20.8 Å². The highest BCUT2D eigenvalue weighted by Gasteiger charge is 2.42. The van der Waals surface area contributed by atoms with Crippen molar-refractivity contribution in [2.75, 3.05) is 26.8 Å². The summed E-state index contributed by atoms with van der Waals surface area (Å²) in [7, 11) is 1.71. The van der Waals surface area contributed by atoms with E-state index >= 15 is 0 Å². The zero-order valence-corrected chi connectivity index (χ0v) is 12.1. The van der Waals surface area contributed by atoms with Gasteiger partial charge in [0.25, 0.3) is 0 Å². The lowest BCUT2D eigenvalue weighted by Gasteiger charge is -2.44. The fourth-order valence-corrected chi connectivity index (χ4v) is 2.96. The first kappa shape index (κ1) is 15.4. The normalized spacial score (nSPS) is 27.4. The second-order valence-corrected chi connectivity index (χ2v) is 5.78. The summed E-state index contributed by atoms with van der Waals surface area (Å²) in [5, 5.41) is 9.50. The molecule has 0 radical (unpaired) electrons. The largest absolute Gasteiger partial charge is 0.481 e. The SMILES string of the molecule is CCC1(C(=O)O)CCCN(C(COC)C(C)C)C1. The lowest BCUT2D eigenvalue weighted by atomic mass is 9.77. The Hall–Kier alpha value is -0.610. The molecule has 1 aliphatic rings. The second kappa shape index (κ2) is 6.53. The van der Waals surface area contributed by atoms with E-state index in [9.17, 15) is 9.90 Å². The number of piperidine rings is 1. The van der Waals surface area contributed by atoms with Crippen LogP contribution in [0.4, 0.5) is 0 Å². The molecule has 4 nitrogen and oxygen atoms in total. The fraction of sp³-hybridized carbons (Fsp3) is 0.929.